The largest absolute Gasteiger partial charge is 0.340 e. The molecule has 1 saturated heterocycles. The normalized spacial score (nSPS) is 17.4. The minimum Gasteiger partial charge on any atom is -0.340 e. The number of aromatic nitrogens is 3. The number of hydrogen-bond acceptors (Lipinski definition) is 7. The average Bonchev–Trinajstić information content (AvgIpc) is 3.31. The van der Waals surface area contributed by atoms with Crippen LogP contribution in [0.2, 0.25) is 0 Å². The molecule has 1 fully saturated rings. The zero-order valence-corrected chi connectivity index (χ0v) is 18.7. The van der Waals surface area contributed by atoms with Gasteiger partial charge in [-0.2, -0.15) is 0 Å². The second-order valence-corrected chi connectivity index (χ2v) is 10.2. The Bertz CT molecular complexity index is 1140. The van der Waals surface area contributed by atoms with Crippen LogP contribution < -0.4 is 5.56 Å². The van der Waals surface area contributed by atoms with Crippen molar-refractivity contribution in [3.05, 3.63) is 42.7 Å². The molecule has 4 heterocycles. The number of carbonyl (C=O) groups is 1. The molecule has 2 aliphatic rings. The first-order valence-electron chi connectivity index (χ1n) is 10.5. The molecule has 9 heteroatoms. The van der Waals surface area contributed by atoms with E-state index in [1.165, 1.54) is 16.9 Å². The van der Waals surface area contributed by atoms with Crippen molar-refractivity contribution in [2.24, 2.45) is 0 Å². The second kappa shape index (κ2) is 8.20. The maximum absolute atomic E-state index is 12.7. The minimum atomic E-state index is 0.00164. The van der Waals surface area contributed by atoms with Gasteiger partial charge in [-0.05, 0) is 38.2 Å². The van der Waals surface area contributed by atoms with Gasteiger partial charge in [0.1, 0.15) is 10.7 Å². The zero-order chi connectivity index (χ0) is 20.7. The molecule has 0 aromatic carbocycles. The van der Waals surface area contributed by atoms with Gasteiger partial charge in [0, 0.05) is 36.4 Å². The Morgan fingerprint density at radius 3 is 2.73 bits per heavy atom. The summed E-state index contributed by atoms with van der Waals surface area (Å²) in [6, 6.07) is 0. The molecule has 0 atom stereocenters. The number of aryl methyl sites for hydroxylation is 3. The molecule has 158 valence electrons. The van der Waals surface area contributed by atoms with Crippen LogP contribution in [0, 0.1) is 6.92 Å². The Morgan fingerprint density at radius 1 is 1.17 bits per heavy atom. The third-order valence-electron chi connectivity index (χ3n) is 5.97. The summed E-state index contributed by atoms with van der Waals surface area (Å²) in [6.07, 6.45) is 4.80. The molecule has 30 heavy (non-hydrogen) atoms. The van der Waals surface area contributed by atoms with Gasteiger partial charge in [-0.1, -0.05) is 0 Å². The fourth-order valence-electron chi connectivity index (χ4n) is 4.41. The molecule has 0 unspecified atom stereocenters. The first-order valence-corrected chi connectivity index (χ1v) is 12.2. The molecule has 7 nitrogen and oxygen atoms in total. The number of nitrogens with one attached hydrogen (secondary N) is 1. The van der Waals surface area contributed by atoms with E-state index in [0.29, 0.717) is 26.1 Å². The standard InChI is InChI=1S/C21H25N5O2S2/c1-13-22-14(12-29-13)10-18(27)26-8-6-25(7-9-26)11-17-23-20(28)19-15-4-2-3-5-16(15)30-21(19)24-17/h12H,2-11H2,1H3,(H,23,24,28). The maximum atomic E-state index is 12.7. The molecule has 1 aliphatic heterocycles. The van der Waals surface area contributed by atoms with E-state index >= 15 is 0 Å². The molecule has 3 aromatic rings. The van der Waals surface area contributed by atoms with Gasteiger partial charge < -0.3 is 9.88 Å². The summed E-state index contributed by atoms with van der Waals surface area (Å²) in [5.74, 6) is 0.862. The lowest BCUT2D eigenvalue weighted by Gasteiger charge is -2.34. The molecule has 1 aliphatic carbocycles. The van der Waals surface area contributed by atoms with E-state index < -0.39 is 0 Å². The van der Waals surface area contributed by atoms with Crippen molar-refractivity contribution < 1.29 is 4.79 Å². The number of aromatic amines is 1. The van der Waals surface area contributed by atoms with Gasteiger partial charge in [-0.15, -0.1) is 22.7 Å². The van der Waals surface area contributed by atoms with Crippen molar-refractivity contribution in [1.82, 2.24) is 24.8 Å². The molecule has 0 saturated carbocycles. The number of amides is 1. The van der Waals surface area contributed by atoms with E-state index in [9.17, 15) is 9.59 Å². The fourth-order valence-corrected chi connectivity index (χ4v) is 6.30. The molecule has 3 aromatic heterocycles. The van der Waals surface area contributed by atoms with Crippen molar-refractivity contribution in [3.63, 3.8) is 0 Å². The summed E-state index contributed by atoms with van der Waals surface area (Å²) in [4.78, 5) is 43.9. The third kappa shape index (κ3) is 3.93. The van der Waals surface area contributed by atoms with Crippen LogP contribution in [0.15, 0.2) is 10.2 Å². The van der Waals surface area contributed by atoms with Gasteiger partial charge >= 0.3 is 0 Å². The monoisotopic (exact) mass is 443 g/mol. The van der Waals surface area contributed by atoms with E-state index in [4.69, 9.17) is 4.98 Å². The predicted octanol–water partition coefficient (Wildman–Crippen LogP) is 2.52. The van der Waals surface area contributed by atoms with Gasteiger partial charge in [0.25, 0.3) is 5.56 Å². The van der Waals surface area contributed by atoms with Crippen LogP contribution in [0.5, 0.6) is 0 Å². The zero-order valence-electron chi connectivity index (χ0n) is 17.1. The van der Waals surface area contributed by atoms with Crippen LogP contribution in [-0.4, -0.2) is 56.8 Å². The van der Waals surface area contributed by atoms with E-state index in [-0.39, 0.29) is 11.5 Å². The van der Waals surface area contributed by atoms with Gasteiger partial charge in [0.05, 0.1) is 29.1 Å². The van der Waals surface area contributed by atoms with Gasteiger partial charge in [-0.25, -0.2) is 9.97 Å². The quantitative estimate of drug-likeness (QED) is 0.670. The Kier molecular flexibility index (Phi) is 5.43. The molecule has 1 amide bonds. The van der Waals surface area contributed by atoms with Crippen LogP contribution in [0.3, 0.4) is 0 Å². The molecular formula is C21H25N5O2S2. The third-order valence-corrected chi connectivity index (χ3v) is 7.98. The number of thiophene rings is 1. The molecule has 0 spiro atoms. The van der Waals surface area contributed by atoms with Crippen molar-refractivity contribution in [2.75, 3.05) is 26.2 Å². The SMILES string of the molecule is Cc1nc(CC(=O)N2CCN(Cc3nc4sc5c(c4c(=O)[nH]3)CCCC5)CC2)cs1. The average molecular weight is 444 g/mol. The van der Waals surface area contributed by atoms with E-state index in [1.54, 1.807) is 22.7 Å². The highest BCUT2D eigenvalue weighted by molar-refractivity contribution is 7.18. The molecular weight excluding hydrogens is 418 g/mol. The number of piperazine rings is 1. The number of thiazole rings is 1. The highest BCUT2D eigenvalue weighted by Gasteiger charge is 2.24. The molecule has 5 rings (SSSR count). The summed E-state index contributed by atoms with van der Waals surface area (Å²) in [7, 11) is 0. The Morgan fingerprint density at radius 2 is 1.97 bits per heavy atom. The number of H-pyrrole nitrogens is 1. The molecule has 0 radical (unpaired) electrons. The number of rotatable bonds is 4. The lowest BCUT2D eigenvalue weighted by atomic mass is 9.97. The van der Waals surface area contributed by atoms with Crippen LogP contribution in [0.25, 0.3) is 10.2 Å². The maximum Gasteiger partial charge on any atom is 0.259 e. The van der Waals surface area contributed by atoms with Crippen molar-refractivity contribution >= 4 is 38.8 Å². The number of carbonyl (C=O) groups excluding carboxylic acids is 1. The smallest absolute Gasteiger partial charge is 0.259 e. The Balaban J connectivity index is 1.22. The van der Waals surface area contributed by atoms with E-state index in [1.807, 2.05) is 17.2 Å². The predicted molar refractivity (Wildman–Crippen MR) is 119 cm³/mol. The second-order valence-electron chi connectivity index (χ2n) is 8.10. The van der Waals surface area contributed by atoms with Crippen molar-refractivity contribution in [2.45, 2.75) is 45.6 Å². The van der Waals surface area contributed by atoms with Crippen molar-refractivity contribution in [3.8, 4) is 0 Å². The Hall–Kier alpha value is -2.10. The lowest BCUT2D eigenvalue weighted by molar-refractivity contribution is -0.132. The molecule has 1 N–H and O–H groups in total. The molecule has 0 bridgehead atoms. The Labute approximate surface area is 182 Å². The van der Waals surface area contributed by atoms with Crippen LogP contribution >= 0.6 is 22.7 Å². The summed E-state index contributed by atoms with van der Waals surface area (Å²) in [6.45, 7) is 5.53. The van der Waals surface area contributed by atoms with E-state index in [0.717, 1.165) is 59.1 Å². The van der Waals surface area contributed by atoms with Crippen molar-refractivity contribution in [1.29, 1.82) is 0 Å². The van der Waals surface area contributed by atoms with Gasteiger partial charge in [-0.3, -0.25) is 14.5 Å². The van der Waals surface area contributed by atoms with Gasteiger partial charge in [0.2, 0.25) is 5.91 Å². The minimum absolute atomic E-state index is 0.00164. The van der Waals surface area contributed by atoms with Crippen LogP contribution in [0.4, 0.5) is 0 Å². The van der Waals surface area contributed by atoms with Crippen LogP contribution in [0.1, 0.15) is 39.8 Å². The fraction of sp³-hybridized carbons (Fsp3) is 0.524. The topological polar surface area (TPSA) is 82.2 Å². The first kappa shape index (κ1) is 19.8. The van der Waals surface area contributed by atoms with Gasteiger partial charge in [0.15, 0.2) is 0 Å². The number of hydrogen-bond donors (Lipinski definition) is 1. The lowest BCUT2D eigenvalue weighted by Crippen LogP contribution is -2.49. The summed E-state index contributed by atoms with van der Waals surface area (Å²) in [5, 5.41) is 3.77. The highest BCUT2D eigenvalue weighted by atomic mass is 32.1. The summed E-state index contributed by atoms with van der Waals surface area (Å²) in [5.41, 5.74) is 2.09. The number of fused-ring (bicyclic) bond motifs is 3. The summed E-state index contributed by atoms with van der Waals surface area (Å²) < 4.78 is 0. The first-order chi connectivity index (χ1) is 14.6. The highest BCUT2D eigenvalue weighted by Crippen LogP contribution is 2.33. The van der Waals surface area contributed by atoms with Crippen LogP contribution in [-0.2, 0) is 30.6 Å². The summed E-state index contributed by atoms with van der Waals surface area (Å²) >= 11 is 3.27. The number of nitrogens with zero attached hydrogens (tertiary/aromatic N) is 4. The van der Waals surface area contributed by atoms with E-state index in [2.05, 4.69) is 14.9 Å².